The molecule has 0 atom stereocenters. The molecule has 0 amide bonds. The molecule has 0 aromatic carbocycles. The third-order valence-corrected chi connectivity index (χ3v) is 1.87. The number of nitrogens with zero attached hydrogens (tertiary/aromatic N) is 2. The molecule has 1 N–H and O–H groups in total. The molecule has 0 saturated carbocycles. The number of methoxy groups -OCH3 is 1. The van der Waals surface area contributed by atoms with Gasteiger partial charge in [-0.2, -0.15) is 5.10 Å². The van der Waals surface area contributed by atoms with Gasteiger partial charge in [0.25, 0.3) is 0 Å². The van der Waals surface area contributed by atoms with Crippen LogP contribution in [-0.4, -0.2) is 30.0 Å². The molecule has 14 heavy (non-hydrogen) atoms. The van der Waals surface area contributed by atoms with Crippen molar-refractivity contribution in [3.63, 3.8) is 0 Å². The average molecular weight is 197 g/mol. The highest BCUT2D eigenvalue weighted by Crippen LogP contribution is 2.05. The average Bonchev–Trinajstić information content (AvgIpc) is 2.59. The number of hydrogen-bond donors (Lipinski definition) is 1. The Morgan fingerprint density at radius 2 is 2.36 bits per heavy atom. The van der Waals surface area contributed by atoms with E-state index >= 15 is 0 Å². The monoisotopic (exact) mass is 197 g/mol. The van der Waals surface area contributed by atoms with E-state index in [4.69, 9.17) is 4.74 Å². The molecule has 80 valence electrons. The molecule has 0 aliphatic carbocycles. The Bertz CT molecular complexity index is 258. The minimum absolute atomic E-state index is 0.650. The fraction of sp³-hybridized carbons (Fsp3) is 0.700. The number of hydrogen-bond acceptors (Lipinski definition) is 3. The predicted molar refractivity (Wildman–Crippen MR) is 57.4 cm³/mol. The highest BCUT2D eigenvalue weighted by atomic mass is 16.5. The third kappa shape index (κ3) is 3.79. The summed E-state index contributed by atoms with van der Waals surface area (Å²) >= 11 is 0. The molecular formula is C10H19N3O. The summed E-state index contributed by atoms with van der Waals surface area (Å²) in [7, 11) is 1.70. The highest BCUT2D eigenvalue weighted by molar-refractivity contribution is 5.37. The van der Waals surface area contributed by atoms with Crippen molar-refractivity contribution in [1.82, 2.24) is 9.78 Å². The Labute approximate surface area is 85.3 Å². The van der Waals surface area contributed by atoms with E-state index in [1.807, 2.05) is 17.1 Å². The summed E-state index contributed by atoms with van der Waals surface area (Å²) in [6.45, 7) is 6.85. The maximum Gasteiger partial charge on any atom is 0.0726 e. The number of rotatable bonds is 6. The van der Waals surface area contributed by atoms with E-state index in [0.717, 1.165) is 18.8 Å². The van der Waals surface area contributed by atoms with Crippen molar-refractivity contribution in [2.75, 3.05) is 25.6 Å². The van der Waals surface area contributed by atoms with E-state index in [1.165, 1.54) is 0 Å². The van der Waals surface area contributed by atoms with Crippen LogP contribution in [-0.2, 0) is 11.3 Å². The van der Waals surface area contributed by atoms with Crippen molar-refractivity contribution < 1.29 is 4.74 Å². The van der Waals surface area contributed by atoms with Crippen molar-refractivity contribution >= 4 is 5.69 Å². The zero-order valence-electron chi connectivity index (χ0n) is 9.16. The van der Waals surface area contributed by atoms with Crippen LogP contribution >= 0.6 is 0 Å². The first-order chi connectivity index (χ1) is 6.72. The maximum atomic E-state index is 4.97. The van der Waals surface area contributed by atoms with E-state index < -0.39 is 0 Å². The molecule has 0 aliphatic rings. The van der Waals surface area contributed by atoms with E-state index in [0.29, 0.717) is 12.5 Å². The highest BCUT2D eigenvalue weighted by Gasteiger charge is 1.98. The first-order valence-corrected chi connectivity index (χ1v) is 4.97. The maximum absolute atomic E-state index is 4.97. The van der Waals surface area contributed by atoms with Crippen molar-refractivity contribution in [3.05, 3.63) is 12.4 Å². The van der Waals surface area contributed by atoms with Crippen molar-refractivity contribution in [2.45, 2.75) is 20.4 Å². The van der Waals surface area contributed by atoms with Crippen molar-refractivity contribution in [1.29, 1.82) is 0 Å². The minimum Gasteiger partial charge on any atom is -0.383 e. The summed E-state index contributed by atoms with van der Waals surface area (Å²) < 4.78 is 6.85. The molecule has 1 aromatic heterocycles. The second kappa shape index (κ2) is 5.65. The molecule has 0 bridgehead atoms. The second-order valence-electron chi connectivity index (χ2n) is 3.76. The van der Waals surface area contributed by atoms with E-state index in [2.05, 4.69) is 24.3 Å². The topological polar surface area (TPSA) is 39.1 Å². The smallest absolute Gasteiger partial charge is 0.0726 e. The fourth-order valence-corrected chi connectivity index (χ4v) is 1.08. The zero-order valence-corrected chi connectivity index (χ0v) is 9.16. The summed E-state index contributed by atoms with van der Waals surface area (Å²) in [4.78, 5) is 0. The van der Waals surface area contributed by atoms with Crippen LogP contribution in [0.4, 0.5) is 5.69 Å². The molecule has 4 nitrogen and oxygen atoms in total. The van der Waals surface area contributed by atoms with Gasteiger partial charge >= 0.3 is 0 Å². The second-order valence-corrected chi connectivity index (χ2v) is 3.76. The fourth-order valence-electron chi connectivity index (χ4n) is 1.08. The molecule has 0 radical (unpaired) electrons. The van der Waals surface area contributed by atoms with Gasteiger partial charge in [-0.25, -0.2) is 0 Å². The van der Waals surface area contributed by atoms with Crippen LogP contribution in [0, 0.1) is 5.92 Å². The van der Waals surface area contributed by atoms with Crippen LogP contribution in [0.15, 0.2) is 12.4 Å². The molecule has 1 heterocycles. The van der Waals surface area contributed by atoms with Gasteiger partial charge in [0.15, 0.2) is 0 Å². The molecular weight excluding hydrogens is 178 g/mol. The zero-order chi connectivity index (χ0) is 10.4. The standard InChI is InChI=1S/C10H19N3O/c1-9(2)6-11-10-7-12-13(8-10)4-5-14-3/h7-9,11H,4-6H2,1-3H3. The Hall–Kier alpha value is -1.03. The van der Waals surface area contributed by atoms with E-state index in [1.54, 1.807) is 7.11 Å². The molecule has 0 spiro atoms. The first kappa shape index (κ1) is 11.0. The predicted octanol–water partition coefficient (Wildman–Crippen LogP) is 1.60. The van der Waals surface area contributed by atoms with Gasteiger partial charge in [0.2, 0.25) is 0 Å². The Balaban J connectivity index is 2.35. The lowest BCUT2D eigenvalue weighted by Gasteiger charge is -2.05. The normalized spacial score (nSPS) is 10.9. The lowest BCUT2D eigenvalue weighted by Crippen LogP contribution is -2.07. The number of aromatic nitrogens is 2. The van der Waals surface area contributed by atoms with Crippen LogP contribution in [0.2, 0.25) is 0 Å². The Morgan fingerprint density at radius 1 is 1.57 bits per heavy atom. The summed E-state index contributed by atoms with van der Waals surface area (Å²) in [5.41, 5.74) is 1.08. The van der Waals surface area contributed by atoms with Crippen LogP contribution in [0.5, 0.6) is 0 Å². The molecule has 0 aliphatic heterocycles. The summed E-state index contributed by atoms with van der Waals surface area (Å²) in [5.74, 6) is 0.650. The lowest BCUT2D eigenvalue weighted by atomic mass is 10.2. The van der Waals surface area contributed by atoms with Gasteiger partial charge in [0.1, 0.15) is 0 Å². The summed E-state index contributed by atoms with van der Waals surface area (Å²) in [5, 5.41) is 7.52. The molecule has 4 heteroatoms. The largest absolute Gasteiger partial charge is 0.383 e. The number of nitrogens with one attached hydrogen (secondary N) is 1. The van der Waals surface area contributed by atoms with E-state index in [9.17, 15) is 0 Å². The van der Waals surface area contributed by atoms with Gasteiger partial charge in [-0.3, -0.25) is 4.68 Å². The van der Waals surface area contributed by atoms with Gasteiger partial charge in [-0.15, -0.1) is 0 Å². The Kier molecular flexibility index (Phi) is 4.46. The van der Waals surface area contributed by atoms with Gasteiger partial charge in [0, 0.05) is 19.9 Å². The van der Waals surface area contributed by atoms with Gasteiger partial charge < -0.3 is 10.1 Å². The molecule has 0 saturated heterocycles. The van der Waals surface area contributed by atoms with Crippen LogP contribution in [0.3, 0.4) is 0 Å². The molecule has 0 unspecified atom stereocenters. The molecule has 1 rings (SSSR count). The number of ether oxygens (including phenoxy) is 1. The summed E-state index contributed by atoms with van der Waals surface area (Å²) in [6.07, 6.45) is 3.85. The van der Waals surface area contributed by atoms with E-state index in [-0.39, 0.29) is 0 Å². The van der Waals surface area contributed by atoms with Crippen LogP contribution in [0.1, 0.15) is 13.8 Å². The SMILES string of the molecule is COCCn1cc(NCC(C)C)cn1. The van der Waals surface area contributed by atoms with Gasteiger partial charge in [0.05, 0.1) is 25.0 Å². The van der Waals surface area contributed by atoms with Crippen LogP contribution in [0.25, 0.3) is 0 Å². The first-order valence-electron chi connectivity index (χ1n) is 4.97. The van der Waals surface area contributed by atoms with Crippen molar-refractivity contribution in [3.8, 4) is 0 Å². The Morgan fingerprint density at radius 3 is 3.00 bits per heavy atom. The third-order valence-electron chi connectivity index (χ3n) is 1.87. The minimum atomic E-state index is 0.650. The van der Waals surface area contributed by atoms with Crippen molar-refractivity contribution in [2.24, 2.45) is 5.92 Å². The summed E-state index contributed by atoms with van der Waals surface area (Å²) in [6, 6.07) is 0. The number of anilines is 1. The van der Waals surface area contributed by atoms with Crippen LogP contribution < -0.4 is 5.32 Å². The van der Waals surface area contributed by atoms with Gasteiger partial charge in [-0.05, 0) is 5.92 Å². The van der Waals surface area contributed by atoms with Gasteiger partial charge in [-0.1, -0.05) is 13.8 Å². The lowest BCUT2D eigenvalue weighted by molar-refractivity contribution is 0.183. The molecule has 0 fully saturated rings. The quantitative estimate of drug-likeness (QED) is 0.753. The molecule has 1 aromatic rings.